The summed E-state index contributed by atoms with van der Waals surface area (Å²) in [5, 5.41) is 7.13. The van der Waals surface area contributed by atoms with E-state index in [1.54, 1.807) is 0 Å². The molecule has 110 valence electrons. The first-order valence-electron chi connectivity index (χ1n) is 7.75. The molecule has 2 aliphatic carbocycles. The van der Waals surface area contributed by atoms with E-state index >= 15 is 0 Å². The quantitative estimate of drug-likeness (QED) is 0.831. The molecule has 3 rings (SSSR count). The SMILES string of the molecule is CC(C)c1noc(CCC(=O)NC(C2CC2)C2CC2)n1. The van der Waals surface area contributed by atoms with Crippen LogP contribution in [0.25, 0.3) is 0 Å². The van der Waals surface area contributed by atoms with Crippen LogP contribution in [-0.4, -0.2) is 22.1 Å². The Kier molecular flexibility index (Phi) is 3.76. The Labute approximate surface area is 119 Å². The number of carbonyl (C=O) groups excluding carboxylic acids is 1. The summed E-state index contributed by atoms with van der Waals surface area (Å²) in [4.78, 5) is 16.3. The number of aromatic nitrogens is 2. The molecule has 1 aromatic rings. The molecule has 1 heterocycles. The van der Waals surface area contributed by atoms with Gasteiger partial charge in [0.1, 0.15) is 0 Å². The van der Waals surface area contributed by atoms with Gasteiger partial charge in [0, 0.05) is 24.8 Å². The van der Waals surface area contributed by atoms with Crippen LogP contribution in [0.5, 0.6) is 0 Å². The first kappa shape index (κ1) is 13.6. The fourth-order valence-electron chi connectivity index (χ4n) is 2.61. The predicted octanol–water partition coefficient (Wildman–Crippen LogP) is 2.43. The van der Waals surface area contributed by atoms with Gasteiger partial charge in [-0.15, -0.1) is 0 Å². The average Bonchev–Trinajstić information content (AvgIpc) is 3.32. The van der Waals surface area contributed by atoms with Crippen molar-refractivity contribution >= 4 is 5.91 Å². The summed E-state index contributed by atoms with van der Waals surface area (Å²) in [6.07, 6.45) is 6.10. The molecule has 0 radical (unpaired) electrons. The van der Waals surface area contributed by atoms with Crippen LogP contribution in [0, 0.1) is 11.8 Å². The van der Waals surface area contributed by atoms with E-state index in [1.807, 2.05) is 13.8 Å². The van der Waals surface area contributed by atoms with Gasteiger partial charge in [0.05, 0.1) is 0 Å². The van der Waals surface area contributed by atoms with Gasteiger partial charge < -0.3 is 9.84 Å². The van der Waals surface area contributed by atoms with Crippen LogP contribution in [0.1, 0.15) is 63.6 Å². The molecule has 0 spiro atoms. The lowest BCUT2D eigenvalue weighted by molar-refractivity contribution is -0.122. The zero-order chi connectivity index (χ0) is 14.1. The van der Waals surface area contributed by atoms with Crippen LogP contribution in [0.2, 0.25) is 0 Å². The van der Waals surface area contributed by atoms with Crippen LogP contribution in [0.4, 0.5) is 0 Å². The highest BCUT2D eigenvalue weighted by molar-refractivity contribution is 5.76. The van der Waals surface area contributed by atoms with Crippen molar-refractivity contribution in [1.82, 2.24) is 15.5 Å². The Morgan fingerprint density at radius 1 is 1.30 bits per heavy atom. The molecule has 1 N–H and O–H groups in total. The first-order valence-corrected chi connectivity index (χ1v) is 7.75. The van der Waals surface area contributed by atoms with E-state index in [-0.39, 0.29) is 11.8 Å². The van der Waals surface area contributed by atoms with Crippen molar-refractivity contribution < 1.29 is 9.32 Å². The summed E-state index contributed by atoms with van der Waals surface area (Å²) in [5.41, 5.74) is 0. The summed E-state index contributed by atoms with van der Waals surface area (Å²) >= 11 is 0. The lowest BCUT2D eigenvalue weighted by Crippen LogP contribution is -2.38. The van der Waals surface area contributed by atoms with Crippen molar-refractivity contribution in [3.63, 3.8) is 0 Å². The van der Waals surface area contributed by atoms with Crippen molar-refractivity contribution in [3.8, 4) is 0 Å². The third-order valence-corrected chi connectivity index (χ3v) is 4.15. The molecule has 2 aliphatic rings. The van der Waals surface area contributed by atoms with Gasteiger partial charge in [0.2, 0.25) is 11.8 Å². The summed E-state index contributed by atoms with van der Waals surface area (Å²) in [7, 11) is 0. The number of hydrogen-bond donors (Lipinski definition) is 1. The van der Waals surface area contributed by atoms with E-state index in [9.17, 15) is 4.79 Å². The van der Waals surface area contributed by atoms with Crippen molar-refractivity contribution in [2.24, 2.45) is 11.8 Å². The van der Waals surface area contributed by atoms with E-state index in [0.29, 0.717) is 30.6 Å². The van der Waals surface area contributed by atoms with Crippen molar-refractivity contribution in [2.75, 3.05) is 0 Å². The lowest BCUT2D eigenvalue weighted by atomic mass is 10.1. The number of aryl methyl sites for hydroxylation is 1. The second-order valence-electron chi connectivity index (χ2n) is 6.47. The molecule has 0 aromatic carbocycles. The van der Waals surface area contributed by atoms with E-state index in [1.165, 1.54) is 25.7 Å². The molecular weight excluding hydrogens is 254 g/mol. The molecule has 1 aromatic heterocycles. The normalized spacial score (nSPS) is 18.8. The maximum Gasteiger partial charge on any atom is 0.227 e. The summed E-state index contributed by atoms with van der Waals surface area (Å²) < 4.78 is 5.16. The highest BCUT2D eigenvalue weighted by Crippen LogP contribution is 2.44. The van der Waals surface area contributed by atoms with Gasteiger partial charge in [-0.05, 0) is 37.5 Å². The fraction of sp³-hybridized carbons (Fsp3) is 0.800. The number of amides is 1. The van der Waals surface area contributed by atoms with Gasteiger partial charge in [-0.25, -0.2) is 0 Å². The van der Waals surface area contributed by atoms with Crippen LogP contribution in [-0.2, 0) is 11.2 Å². The summed E-state index contributed by atoms with van der Waals surface area (Å²) in [6.45, 7) is 4.05. The molecule has 0 saturated heterocycles. The molecule has 1 amide bonds. The second kappa shape index (κ2) is 5.54. The van der Waals surface area contributed by atoms with Crippen molar-refractivity contribution in [1.29, 1.82) is 0 Å². The average molecular weight is 277 g/mol. The van der Waals surface area contributed by atoms with Crippen molar-refractivity contribution in [2.45, 2.75) is 64.3 Å². The second-order valence-corrected chi connectivity index (χ2v) is 6.47. The van der Waals surface area contributed by atoms with Crippen LogP contribution >= 0.6 is 0 Å². The first-order chi connectivity index (χ1) is 9.63. The fourth-order valence-corrected chi connectivity index (χ4v) is 2.61. The topological polar surface area (TPSA) is 68.0 Å². The minimum Gasteiger partial charge on any atom is -0.353 e. The van der Waals surface area contributed by atoms with Gasteiger partial charge in [0.15, 0.2) is 5.82 Å². The molecule has 20 heavy (non-hydrogen) atoms. The molecule has 2 saturated carbocycles. The number of nitrogens with one attached hydrogen (secondary N) is 1. The third kappa shape index (κ3) is 3.38. The van der Waals surface area contributed by atoms with E-state index < -0.39 is 0 Å². The standard InChI is InChI=1S/C15H23N3O2/c1-9(2)15-17-13(20-18-15)8-7-12(19)16-14(10-3-4-10)11-5-6-11/h9-11,14H,3-8H2,1-2H3,(H,16,19). The van der Waals surface area contributed by atoms with Gasteiger partial charge >= 0.3 is 0 Å². The Morgan fingerprint density at radius 3 is 2.45 bits per heavy atom. The molecule has 5 heteroatoms. The molecule has 0 atom stereocenters. The highest BCUT2D eigenvalue weighted by atomic mass is 16.5. The van der Waals surface area contributed by atoms with Gasteiger partial charge in [-0.3, -0.25) is 4.79 Å². The largest absolute Gasteiger partial charge is 0.353 e. The Hall–Kier alpha value is -1.39. The molecule has 2 fully saturated rings. The number of hydrogen-bond acceptors (Lipinski definition) is 4. The van der Waals surface area contributed by atoms with E-state index in [4.69, 9.17) is 4.52 Å². The lowest BCUT2D eigenvalue weighted by Gasteiger charge is -2.17. The Bertz CT molecular complexity index is 463. The Morgan fingerprint density at radius 2 is 1.95 bits per heavy atom. The molecular formula is C15H23N3O2. The minimum absolute atomic E-state index is 0.123. The molecule has 0 unspecified atom stereocenters. The predicted molar refractivity (Wildman–Crippen MR) is 74.1 cm³/mol. The number of rotatable bonds is 7. The van der Waals surface area contributed by atoms with Crippen LogP contribution in [0.3, 0.4) is 0 Å². The smallest absolute Gasteiger partial charge is 0.227 e. The summed E-state index contributed by atoms with van der Waals surface area (Å²) in [5.74, 6) is 3.14. The van der Waals surface area contributed by atoms with E-state index in [2.05, 4.69) is 15.5 Å². The van der Waals surface area contributed by atoms with Gasteiger partial charge in [0.25, 0.3) is 0 Å². The molecule has 0 bridgehead atoms. The van der Waals surface area contributed by atoms with Crippen LogP contribution in [0.15, 0.2) is 4.52 Å². The maximum atomic E-state index is 12.0. The Balaban J connectivity index is 1.46. The van der Waals surface area contributed by atoms with Crippen molar-refractivity contribution in [3.05, 3.63) is 11.7 Å². The summed E-state index contributed by atoms with van der Waals surface area (Å²) in [6, 6.07) is 0.427. The zero-order valence-electron chi connectivity index (χ0n) is 12.3. The molecule has 0 aliphatic heterocycles. The van der Waals surface area contributed by atoms with E-state index in [0.717, 1.165) is 11.8 Å². The third-order valence-electron chi connectivity index (χ3n) is 4.15. The molecule has 5 nitrogen and oxygen atoms in total. The minimum atomic E-state index is 0.123. The van der Waals surface area contributed by atoms with Gasteiger partial charge in [-0.1, -0.05) is 19.0 Å². The monoisotopic (exact) mass is 277 g/mol. The number of carbonyl (C=O) groups is 1. The zero-order valence-corrected chi connectivity index (χ0v) is 12.3. The number of nitrogens with zero attached hydrogens (tertiary/aromatic N) is 2. The van der Waals surface area contributed by atoms with Gasteiger partial charge in [-0.2, -0.15) is 4.98 Å². The maximum absolute atomic E-state index is 12.0. The van der Waals surface area contributed by atoms with Crippen LogP contribution < -0.4 is 5.32 Å². The highest BCUT2D eigenvalue weighted by Gasteiger charge is 2.42.